The highest BCUT2D eigenvalue weighted by molar-refractivity contribution is 5.65. The van der Waals surface area contributed by atoms with E-state index in [9.17, 15) is 4.79 Å². The van der Waals surface area contributed by atoms with Crippen molar-refractivity contribution in [3.05, 3.63) is 65.0 Å². The zero-order valence-electron chi connectivity index (χ0n) is 12.7. The van der Waals surface area contributed by atoms with E-state index < -0.39 is 0 Å². The standard InChI is InChI=1S/C19H21NO/c1-19(2)11-10-18-16(17(19)13-21)9-8-15(20-18)12-14-6-4-3-5-7-14/h3-9,13,17H,10-12H2,1-2H3. The van der Waals surface area contributed by atoms with E-state index in [1.54, 1.807) is 0 Å². The highest BCUT2D eigenvalue weighted by Gasteiger charge is 2.36. The highest BCUT2D eigenvalue weighted by Crippen LogP contribution is 2.43. The predicted octanol–water partition coefficient (Wildman–Crippen LogP) is 3.93. The van der Waals surface area contributed by atoms with Gasteiger partial charge >= 0.3 is 0 Å². The molecule has 2 aromatic rings. The SMILES string of the molecule is CC1(C)CCc2nc(Cc3ccccc3)ccc2C1C=O. The van der Waals surface area contributed by atoms with Crippen LogP contribution in [-0.4, -0.2) is 11.3 Å². The first-order valence-corrected chi connectivity index (χ1v) is 7.58. The lowest BCUT2D eigenvalue weighted by molar-refractivity contribution is -0.111. The van der Waals surface area contributed by atoms with E-state index in [0.717, 1.165) is 42.5 Å². The molecule has 0 aliphatic heterocycles. The fourth-order valence-electron chi connectivity index (χ4n) is 3.22. The molecule has 1 atom stereocenters. The molecule has 108 valence electrons. The van der Waals surface area contributed by atoms with E-state index in [2.05, 4.69) is 50.2 Å². The van der Waals surface area contributed by atoms with Crippen molar-refractivity contribution in [1.29, 1.82) is 0 Å². The van der Waals surface area contributed by atoms with Crippen molar-refractivity contribution in [2.75, 3.05) is 0 Å². The Morgan fingerprint density at radius 2 is 1.95 bits per heavy atom. The van der Waals surface area contributed by atoms with Gasteiger partial charge in [0.05, 0.1) is 0 Å². The van der Waals surface area contributed by atoms with Crippen molar-refractivity contribution in [3.8, 4) is 0 Å². The van der Waals surface area contributed by atoms with Gasteiger partial charge in [-0.3, -0.25) is 4.98 Å². The molecule has 2 heteroatoms. The summed E-state index contributed by atoms with van der Waals surface area (Å²) in [7, 11) is 0. The number of carbonyl (C=O) groups excluding carboxylic acids is 1. The van der Waals surface area contributed by atoms with E-state index in [1.165, 1.54) is 5.56 Å². The average Bonchev–Trinajstić information content (AvgIpc) is 2.48. The Hall–Kier alpha value is -1.96. The number of hydrogen-bond acceptors (Lipinski definition) is 2. The van der Waals surface area contributed by atoms with E-state index in [0.29, 0.717) is 0 Å². The van der Waals surface area contributed by atoms with Crippen molar-refractivity contribution in [3.63, 3.8) is 0 Å². The van der Waals surface area contributed by atoms with Crippen molar-refractivity contribution in [2.24, 2.45) is 5.41 Å². The van der Waals surface area contributed by atoms with Crippen LogP contribution in [0.4, 0.5) is 0 Å². The Balaban J connectivity index is 1.91. The monoisotopic (exact) mass is 279 g/mol. The molecule has 1 unspecified atom stereocenters. The number of nitrogens with zero attached hydrogens (tertiary/aromatic N) is 1. The van der Waals surface area contributed by atoms with Crippen molar-refractivity contribution in [2.45, 2.75) is 39.0 Å². The molecule has 21 heavy (non-hydrogen) atoms. The molecule has 0 bridgehead atoms. The summed E-state index contributed by atoms with van der Waals surface area (Å²) in [5.41, 5.74) is 4.63. The normalized spacial score (nSPS) is 19.8. The molecule has 0 amide bonds. The zero-order valence-corrected chi connectivity index (χ0v) is 12.7. The van der Waals surface area contributed by atoms with E-state index in [1.807, 2.05) is 6.07 Å². The molecule has 1 aromatic heterocycles. The first-order valence-electron chi connectivity index (χ1n) is 7.58. The van der Waals surface area contributed by atoms with Gasteiger partial charge in [0.25, 0.3) is 0 Å². The Bertz CT molecular complexity index is 646. The van der Waals surface area contributed by atoms with Gasteiger partial charge < -0.3 is 4.79 Å². The van der Waals surface area contributed by atoms with Gasteiger partial charge in [-0.2, -0.15) is 0 Å². The van der Waals surface area contributed by atoms with Gasteiger partial charge in [0.2, 0.25) is 0 Å². The van der Waals surface area contributed by atoms with Crippen LogP contribution in [0.25, 0.3) is 0 Å². The summed E-state index contributed by atoms with van der Waals surface area (Å²) in [5.74, 6) is -0.0282. The number of benzene rings is 1. The molecule has 0 spiro atoms. The summed E-state index contributed by atoms with van der Waals surface area (Å²) < 4.78 is 0. The largest absolute Gasteiger partial charge is 0.303 e. The number of pyridine rings is 1. The van der Waals surface area contributed by atoms with Gasteiger partial charge in [-0.1, -0.05) is 50.2 Å². The molecule has 1 aromatic carbocycles. The second-order valence-electron chi connectivity index (χ2n) is 6.60. The maximum absolute atomic E-state index is 11.5. The number of aromatic nitrogens is 1. The molecule has 0 fully saturated rings. The maximum atomic E-state index is 11.5. The van der Waals surface area contributed by atoms with E-state index >= 15 is 0 Å². The van der Waals surface area contributed by atoms with Crippen LogP contribution in [-0.2, 0) is 17.6 Å². The molecule has 0 saturated carbocycles. The first-order chi connectivity index (χ1) is 10.1. The molecule has 1 heterocycles. The molecule has 2 nitrogen and oxygen atoms in total. The third-order valence-corrected chi connectivity index (χ3v) is 4.61. The number of fused-ring (bicyclic) bond motifs is 1. The molecule has 3 rings (SSSR count). The molecule has 1 aliphatic carbocycles. The molecule has 0 radical (unpaired) electrons. The quantitative estimate of drug-likeness (QED) is 0.797. The Morgan fingerprint density at radius 3 is 2.67 bits per heavy atom. The number of aldehydes is 1. The number of hydrogen-bond donors (Lipinski definition) is 0. The van der Waals surface area contributed by atoms with E-state index in [4.69, 9.17) is 4.98 Å². The number of aryl methyl sites for hydroxylation is 1. The lowest BCUT2D eigenvalue weighted by atomic mass is 9.68. The maximum Gasteiger partial charge on any atom is 0.128 e. The summed E-state index contributed by atoms with van der Waals surface area (Å²) in [4.78, 5) is 16.3. The van der Waals surface area contributed by atoms with Gasteiger partial charge in [-0.15, -0.1) is 0 Å². The lowest BCUT2D eigenvalue weighted by Gasteiger charge is -2.36. The number of carbonyl (C=O) groups is 1. The highest BCUT2D eigenvalue weighted by atomic mass is 16.1. The third-order valence-electron chi connectivity index (χ3n) is 4.61. The summed E-state index contributed by atoms with van der Waals surface area (Å²) in [6, 6.07) is 14.6. The number of rotatable bonds is 3. The first kappa shape index (κ1) is 14.0. The van der Waals surface area contributed by atoms with Crippen molar-refractivity contribution < 1.29 is 4.79 Å². The zero-order chi connectivity index (χ0) is 14.9. The van der Waals surface area contributed by atoms with Gasteiger partial charge in [-0.25, -0.2) is 0 Å². The van der Waals surface area contributed by atoms with Gasteiger partial charge in [0, 0.05) is 23.7 Å². The Morgan fingerprint density at radius 1 is 1.19 bits per heavy atom. The van der Waals surface area contributed by atoms with Crippen molar-refractivity contribution in [1.82, 2.24) is 4.98 Å². The molecular weight excluding hydrogens is 258 g/mol. The van der Waals surface area contributed by atoms with Crippen LogP contribution in [0, 0.1) is 5.41 Å². The molecule has 0 saturated heterocycles. The Labute approximate surface area is 126 Å². The smallest absolute Gasteiger partial charge is 0.128 e. The van der Waals surface area contributed by atoms with Crippen LogP contribution in [0.1, 0.15) is 48.7 Å². The second kappa shape index (κ2) is 5.44. The van der Waals surface area contributed by atoms with Gasteiger partial charge in [0.15, 0.2) is 0 Å². The Kier molecular flexibility index (Phi) is 3.62. The van der Waals surface area contributed by atoms with Crippen LogP contribution in [0.2, 0.25) is 0 Å². The van der Waals surface area contributed by atoms with Crippen LogP contribution < -0.4 is 0 Å². The second-order valence-corrected chi connectivity index (χ2v) is 6.60. The van der Waals surface area contributed by atoms with Crippen molar-refractivity contribution >= 4 is 6.29 Å². The van der Waals surface area contributed by atoms with Crippen LogP contribution in [0.15, 0.2) is 42.5 Å². The van der Waals surface area contributed by atoms with E-state index in [-0.39, 0.29) is 11.3 Å². The summed E-state index contributed by atoms with van der Waals surface area (Å²) in [6.07, 6.45) is 3.93. The fraction of sp³-hybridized carbons (Fsp3) is 0.368. The average molecular weight is 279 g/mol. The van der Waals surface area contributed by atoms with Gasteiger partial charge in [0.1, 0.15) is 6.29 Å². The summed E-state index contributed by atoms with van der Waals surface area (Å²) >= 11 is 0. The summed E-state index contributed by atoms with van der Waals surface area (Å²) in [5, 5.41) is 0. The predicted molar refractivity (Wildman–Crippen MR) is 84.4 cm³/mol. The summed E-state index contributed by atoms with van der Waals surface area (Å²) in [6.45, 7) is 4.35. The fourth-order valence-corrected chi connectivity index (χ4v) is 3.22. The van der Waals surface area contributed by atoms with Gasteiger partial charge in [-0.05, 0) is 35.4 Å². The molecular formula is C19H21NO. The minimum atomic E-state index is -0.0282. The molecule has 1 aliphatic rings. The topological polar surface area (TPSA) is 30.0 Å². The minimum absolute atomic E-state index is 0.0282. The van der Waals surface area contributed by atoms with Crippen LogP contribution >= 0.6 is 0 Å². The van der Waals surface area contributed by atoms with Crippen LogP contribution in [0.5, 0.6) is 0 Å². The third kappa shape index (κ3) is 2.76. The molecule has 0 N–H and O–H groups in total. The lowest BCUT2D eigenvalue weighted by Crippen LogP contribution is -2.30. The van der Waals surface area contributed by atoms with Crippen LogP contribution in [0.3, 0.4) is 0 Å². The minimum Gasteiger partial charge on any atom is -0.303 e.